The average Bonchev–Trinajstić information content (AvgIpc) is 2.82. The molecule has 3 rings (SSSR count). The normalized spacial score (nSPS) is 10.9. The van der Waals surface area contributed by atoms with Gasteiger partial charge >= 0.3 is 5.97 Å². The number of fused-ring (bicyclic) bond motifs is 1. The van der Waals surface area contributed by atoms with Crippen LogP contribution in [-0.4, -0.2) is 21.0 Å². The number of nitrogens with one attached hydrogen (secondary N) is 1. The number of imidazole rings is 1. The lowest BCUT2D eigenvalue weighted by molar-refractivity contribution is -0.136. The maximum atomic E-state index is 12.9. The number of rotatable bonds is 4. The molecule has 2 N–H and O–H groups in total. The first-order chi connectivity index (χ1) is 10.1. The molecule has 0 spiro atoms. The number of aromatic amines is 1. The molecule has 2 aromatic carbocycles. The van der Waals surface area contributed by atoms with Crippen molar-refractivity contribution in [2.45, 2.75) is 12.8 Å². The maximum absolute atomic E-state index is 12.9. The van der Waals surface area contributed by atoms with Gasteiger partial charge in [-0.1, -0.05) is 18.2 Å². The average molecular weight is 284 g/mol. The lowest BCUT2D eigenvalue weighted by Gasteiger charge is -1.97. The first kappa shape index (κ1) is 13.3. The van der Waals surface area contributed by atoms with E-state index in [0.29, 0.717) is 6.42 Å². The summed E-state index contributed by atoms with van der Waals surface area (Å²) in [6, 6.07) is 11.6. The van der Waals surface area contributed by atoms with Crippen LogP contribution in [0.4, 0.5) is 4.39 Å². The predicted octanol–water partition coefficient (Wildman–Crippen LogP) is 2.92. The Hall–Kier alpha value is -2.69. The summed E-state index contributed by atoms with van der Waals surface area (Å²) in [5, 5.41) is 8.80. The van der Waals surface area contributed by atoms with E-state index in [9.17, 15) is 9.18 Å². The van der Waals surface area contributed by atoms with Crippen molar-refractivity contribution in [2.24, 2.45) is 0 Å². The minimum absolute atomic E-state index is 0.0117. The fourth-order valence-electron chi connectivity index (χ4n) is 2.27. The second kappa shape index (κ2) is 5.36. The molecule has 0 amide bonds. The third-order valence-corrected chi connectivity index (χ3v) is 3.24. The summed E-state index contributed by atoms with van der Waals surface area (Å²) in [6.07, 6.45) is 0.561. The Bertz CT molecular complexity index is 794. The zero-order chi connectivity index (χ0) is 14.8. The zero-order valence-corrected chi connectivity index (χ0v) is 11.1. The predicted molar refractivity (Wildman–Crippen MR) is 76.6 cm³/mol. The van der Waals surface area contributed by atoms with Gasteiger partial charge in [-0.25, -0.2) is 9.37 Å². The van der Waals surface area contributed by atoms with Gasteiger partial charge in [-0.3, -0.25) is 4.79 Å². The number of carbonyl (C=O) groups is 1. The first-order valence-electron chi connectivity index (χ1n) is 6.54. The highest BCUT2D eigenvalue weighted by Crippen LogP contribution is 2.16. The molecule has 0 bridgehead atoms. The number of carboxylic acids is 1. The highest BCUT2D eigenvalue weighted by atomic mass is 19.1. The van der Waals surface area contributed by atoms with Gasteiger partial charge in [0.25, 0.3) is 0 Å². The molecular weight excluding hydrogens is 271 g/mol. The number of nitrogens with zero attached hydrogens (tertiary/aromatic N) is 1. The van der Waals surface area contributed by atoms with Gasteiger partial charge in [0.1, 0.15) is 11.6 Å². The van der Waals surface area contributed by atoms with Crippen LogP contribution in [0.2, 0.25) is 0 Å². The molecule has 21 heavy (non-hydrogen) atoms. The van der Waals surface area contributed by atoms with Crippen LogP contribution in [0.1, 0.15) is 17.0 Å². The van der Waals surface area contributed by atoms with Crippen LogP contribution in [0, 0.1) is 5.82 Å². The SMILES string of the molecule is O=C(O)Cc1ccc2nc(Cc3ccc(F)cc3)[nH]c2c1. The highest BCUT2D eigenvalue weighted by Gasteiger charge is 2.07. The van der Waals surface area contributed by atoms with Crippen molar-refractivity contribution in [3.8, 4) is 0 Å². The monoisotopic (exact) mass is 284 g/mol. The Kier molecular flexibility index (Phi) is 3.39. The smallest absolute Gasteiger partial charge is 0.307 e. The van der Waals surface area contributed by atoms with E-state index in [-0.39, 0.29) is 12.2 Å². The summed E-state index contributed by atoms with van der Waals surface area (Å²) in [5.74, 6) is -0.355. The van der Waals surface area contributed by atoms with Crippen LogP contribution in [0.25, 0.3) is 11.0 Å². The van der Waals surface area contributed by atoms with Crippen LogP contribution in [0.3, 0.4) is 0 Å². The molecule has 0 fully saturated rings. The molecule has 0 saturated carbocycles. The number of halogens is 1. The summed E-state index contributed by atoms with van der Waals surface area (Å²) in [4.78, 5) is 18.4. The topological polar surface area (TPSA) is 66.0 Å². The largest absolute Gasteiger partial charge is 0.481 e. The third-order valence-electron chi connectivity index (χ3n) is 3.24. The van der Waals surface area contributed by atoms with Crippen molar-refractivity contribution < 1.29 is 14.3 Å². The Morgan fingerprint density at radius 2 is 1.86 bits per heavy atom. The van der Waals surface area contributed by atoms with E-state index in [1.54, 1.807) is 30.3 Å². The summed E-state index contributed by atoms with van der Waals surface area (Å²) in [6.45, 7) is 0. The molecule has 0 saturated heterocycles. The second-order valence-corrected chi connectivity index (χ2v) is 4.91. The molecule has 1 heterocycles. The molecule has 0 unspecified atom stereocenters. The van der Waals surface area contributed by atoms with Crippen molar-refractivity contribution in [1.29, 1.82) is 0 Å². The van der Waals surface area contributed by atoms with E-state index in [2.05, 4.69) is 9.97 Å². The van der Waals surface area contributed by atoms with E-state index in [1.165, 1.54) is 12.1 Å². The number of benzene rings is 2. The quantitative estimate of drug-likeness (QED) is 0.774. The van der Waals surface area contributed by atoms with Gasteiger partial charge in [0, 0.05) is 6.42 Å². The van der Waals surface area contributed by atoms with Crippen molar-refractivity contribution in [2.75, 3.05) is 0 Å². The standard InChI is InChI=1S/C16H13FN2O2/c17-12-4-1-10(2-5-12)8-15-18-13-6-3-11(9-16(20)21)7-14(13)19-15/h1-7H,8-9H2,(H,18,19)(H,20,21). The Labute approximate surface area is 120 Å². The fraction of sp³-hybridized carbons (Fsp3) is 0.125. The van der Waals surface area contributed by atoms with E-state index < -0.39 is 5.97 Å². The second-order valence-electron chi connectivity index (χ2n) is 4.91. The summed E-state index contributed by atoms with van der Waals surface area (Å²) in [5.41, 5.74) is 3.29. The molecule has 106 valence electrons. The lowest BCUT2D eigenvalue weighted by Crippen LogP contribution is -1.99. The Morgan fingerprint density at radius 1 is 1.14 bits per heavy atom. The lowest BCUT2D eigenvalue weighted by atomic mass is 10.1. The van der Waals surface area contributed by atoms with Crippen LogP contribution >= 0.6 is 0 Å². The van der Waals surface area contributed by atoms with E-state index in [1.807, 2.05) is 0 Å². The van der Waals surface area contributed by atoms with Gasteiger partial charge in [-0.15, -0.1) is 0 Å². The van der Waals surface area contributed by atoms with E-state index in [4.69, 9.17) is 5.11 Å². The molecule has 3 aromatic rings. The van der Waals surface area contributed by atoms with E-state index in [0.717, 1.165) is 28.0 Å². The van der Waals surface area contributed by atoms with Gasteiger partial charge < -0.3 is 10.1 Å². The minimum Gasteiger partial charge on any atom is -0.481 e. The number of aliphatic carboxylic acids is 1. The molecule has 0 atom stereocenters. The number of hydrogen-bond donors (Lipinski definition) is 2. The number of aromatic nitrogens is 2. The molecule has 1 aromatic heterocycles. The molecule has 4 nitrogen and oxygen atoms in total. The summed E-state index contributed by atoms with van der Waals surface area (Å²) < 4.78 is 12.9. The van der Waals surface area contributed by atoms with Gasteiger partial charge in [0.05, 0.1) is 17.5 Å². The van der Waals surface area contributed by atoms with Crippen LogP contribution in [-0.2, 0) is 17.6 Å². The fourth-order valence-corrected chi connectivity index (χ4v) is 2.27. The van der Waals surface area contributed by atoms with E-state index >= 15 is 0 Å². The van der Waals surface area contributed by atoms with Crippen molar-refractivity contribution in [3.63, 3.8) is 0 Å². The maximum Gasteiger partial charge on any atom is 0.307 e. The van der Waals surface area contributed by atoms with Crippen molar-refractivity contribution in [1.82, 2.24) is 9.97 Å². The third kappa shape index (κ3) is 3.08. The molecule has 0 aliphatic rings. The van der Waals surface area contributed by atoms with Crippen molar-refractivity contribution in [3.05, 3.63) is 65.2 Å². The Balaban J connectivity index is 1.86. The van der Waals surface area contributed by atoms with Crippen LogP contribution < -0.4 is 0 Å². The molecule has 0 aliphatic carbocycles. The molecule has 5 heteroatoms. The number of H-pyrrole nitrogens is 1. The van der Waals surface area contributed by atoms with Gasteiger partial charge in [-0.2, -0.15) is 0 Å². The zero-order valence-electron chi connectivity index (χ0n) is 11.1. The van der Waals surface area contributed by atoms with Crippen LogP contribution in [0.5, 0.6) is 0 Å². The van der Waals surface area contributed by atoms with Crippen molar-refractivity contribution >= 4 is 17.0 Å². The molecule has 0 aliphatic heterocycles. The summed E-state index contributed by atoms with van der Waals surface area (Å²) >= 11 is 0. The highest BCUT2D eigenvalue weighted by molar-refractivity contribution is 5.78. The number of carboxylic acid groups (broad SMARTS) is 1. The van der Waals surface area contributed by atoms with Gasteiger partial charge in [-0.05, 0) is 35.4 Å². The Morgan fingerprint density at radius 3 is 2.57 bits per heavy atom. The first-order valence-corrected chi connectivity index (χ1v) is 6.54. The number of hydrogen-bond acceptors (Lipinski definition) is 2. The molecular formula is C16H13FN2O2. The minimum atomic E-state index is -0.861. The summed E-state index contributed by atoms with van der Waals surface area (Å²) in [7, 11) is 0. The molecule has 0 radical (unpaired) electrons. The van der Waals surface area contributed by atoms with Gasteiger partial charge in [0.2, 0.25) is 0 Å². The van der Waals surface area contributed by atoms with Crippen LogP contribution in [0.15, 0.2) is 42.5 Å². The van der Waals surface area contributed by atoms with Gasteiger partial charge in [0.15, 0.2) is 0 Å².